The van der Waals surface area contributed by atoms with Gasteiger partial charge >= 0.3 is 0 Å². The molecule has 102 valence electrons. The molecule has 1 N–H and O–H groups in total. The van der Waals surface area contributed by atoms with Crippen LogP contribution in [0.15, 0.2) is 6.20 Å². The average Bonchev–Trinajstić information content (AvgIpc) is 2.35. The summed E-state index contributed by atoms with van der Waals surface area (Å²) in [5.74, 6) is 0.977. The van der Waals surface area contributed by atoms with E-state index in [-0.39, 0.29) is 12.4 Å². The monoisotopic (exact) mass is 270 g/mol. The van der Waals surface area contributed by atoms with Gasteiger partial charge in [-0.15, -0.1) is 0 Å². The SMILES string of the molecule is COc1c(C)cnc(CN2CCNCC2)c1C.[Cl-]. The van der Waals surface area contributed by atoms with Gasteiger partial charge < -0.3 is 22.5 Å². The van der Waals surface area contributed by atoms with Crippen LogP contribution in [0.2, 0.25) is 0 Å². The molecular weight excluding hydrogens is 250 g/mol. The van der Waals surface area contributed by atoms with Crippen LogP contribution in [-0.2, 0) is 6.54 Å². The first kappa shape index (κ1) is 15.2. The third kappa shape index (κ3) is 3.34. The van der Waals surface area contributed by atoms with Crippen LogP contribution in [0.3, 0.4) is 0 Å². The van der Waals surface area contributed by atoms with Crippen LogP contribution in [-0.4, -0.2) is 43.2 Å². The Balaban J connectivity index is 0.00000162. The largest absolute Gasteiger partial charge is 1.00 e. The fraction of sp³-hybridized carbons (Fsp3) is 0.615. The fourth-order valence-corrected chi connectivity index (χ4v) is 2.31. The van der Waals surface area contributed by atoms with E-state index in [2.05, 4.69) is 22.1 Å². The van der Waals surface area contributed by atoms with E-state index < -0.39 is 0 Å². The lowest BCUT2D eigenvalue weighted by molar-refractivity contribution is -0.00000406. The van der Waals surface area contributed by atoms with Crippen molar-refractivity contribution < 1.29 is 17.1 Å². The van der Waals surface area contributed by atoms with Crippen molar-refractivity contribution in [3.63, 3.8) is 0 Å². The molecule has 0 unspecified atom stereocenters. The van der Waals surface area contributed by atoms with E-state index in [1.807, 2.05) is 13.1 Å². The van der Waals surface area contributed by atoms with Gasteiger partial charge in [-0.25, -0.2) is 0 Å². The standard InChI is InChI=1S/C13H21N3O.ClH/c1-10-8-15-12(11(2)13(10)17-3)9-16-6-4-14-5-7-16;/h8,14H,4-7,9H2,1-3H3;1H/p-1. The predicted molar refractivity (Wildman–Crippen MR) is 68.4 cm³/mol. The van der Waals surface area contributed by atoms with E-state index in [9.17, 15) is 0 Å². The number of ether oxygens (including phenoxy) is 1. The summed E-state index contributed by atoms with van der Waals surface area (Å²) in [5, 5.41) is 3.36. The zero-order valence-corrected chi connectivity index (χ0v) is 12.0. The number of aromatic nitrogens is 1. The highest BCUT2D eigenvalue weighted by molar-refractivity contribution is 5.41. The molecule has 1 aromatic heterocycles. The van der Waals surface area contributed by atoms with Crippen LogP contribution in [0.4, 0.5) is 0 Å². The molecular formula is C13H21ClN3O-. The molecule has 1 fully saturated rings. The number of nitrogens with one attached hydrogen (secondary N) is 1. The molecule has 1 aromatic rings. The van der Waals surface area contributed by atoms with Gasteiger partial charge in [0.1, 0.15) is 5.75 Å². The van der Waals surface area contributed by atoms with Gasteiger partial charge in [-0.1, -0.05) is 0 Å². The molecule has 2 heterocycles. The lowest BCUT2D eigenvalue weighted by atomic mass is 10.1. The molecule has 0 bridgehead atoms. The van der Waals surface area contributed by atoms with Crippen LogP contribution >= 0.6 is 0 Å². The minimum absolute atomic E-state index is 0. The van der Waals surface area contributed by atoms with Crippen LogP contribution in [0, 0.1) is 13.8 Å². The number of halogens is 1. The van der Waals surface area contributed by atoms with Crippen LogP contribution in [0.25, 0.3) is 0 Å². The minimum Gasteiger partial charge on any atom is -1.00 e. The lowest BCUT2D eigenvalue weighted by Gasteiger charge is -2.27. The van der Waals surface area contributed by atoms with E-state index >= 15 is 0 Å². The second-order valence-corrected chi connectivity index (χ2v) is 4.57. The predicted octanol–water partition coefficient (Wildman–Crippen LogP) is -1.88. The Kier molecular flexibility index (Phi) is 5.85. The highest BCUT2D eigenvalue weighted by Gasteiger charge is 2.14. The molecule has 0 amide bonds. The van der Waals surface area contributed by atoms with Crippen LogP contribution in [0.5, 0.6) is 5.75 Å². The molecule has 0 spiro atoms. The Bertz CT molecular complexity index is 392. The van der Waals surface area contributed by atoms with Gasteiger partial charge in [0, 0.05) is 50.0 Å². The first-order chi connectivity index (χ1) is 8.22. The Morgan fingerprint density at radius 3 is 2.61 bits per heavy atom. The second kappa shape index (κ2) is 6.92. The number of methoxy groups -OCH3 is 1. The maximum atomic E-state index is 5.43. The summed E-state index contributed by atoms with van der Waals surface area (Å²) in [6, 6.07) is 0. The van der Waals surface area contributed by atoms with Crippen molar-refractivity contribution in [2.45, 2.75) is 20.4 Å². The van der Waals surface area contributed by atoms with Gasteiger partial charge in [-0.05, 0) is 13.8 Å². The Labute approximate surface area is 115 Å². The first-order valence-corrected chi connectivity index (χ1v) is 6.14. The topological polar surface area (TPSA) is 37.4 Å². The normalized spacial score (nSPS) is 16.2. The third-order valence-electron chi connectivity index (χ3n) is 3.33. The molecule has 0 aromatic carbocycles. The summed E-state index contributed by atoms with van der Waals surface area (Å²) in [5.41, 5.74) is 3.41. The van der Waals surface area contributed by atoms with Gasteiger partial charge in [0.05, 0.1) is 12.8 Å². The second-order valence-electron chi connectivity index (χ2n) is 4.57. The summed E-state index contributed by atoms with van der Waals surface area (Å²) in [6.45, 7) is 9.38. The van der Waals surface area contributed by atoms with Crippen molar-refractivity contribution >= 4 is 0 Å². The van der Waals surface area contributed by atoms with Crippen molar-refractivity contribution in [3.05, 3.63) is 23.0 Å². The van der Waals surface area contributed by atoms with Crippen molar-refractivity contribution in [3.8, 4) is 5.75 Å². The van der Waals surface area contributed by atoms with E-state index in [0.717, 1.165) is 49.7 Å². The Hall–Kier alpha value is -0.840. The molecule has 1 aliphatic heterocycles. The highest BCUT2D eigenvalue weighted by Crippen LogP contribution is 2.24. The number of rotatable bonds is 3. The summed E-state index contributed by atoms with van der Waals surface area (Å²) in [6.07, 6.45) is 1.91. The van der Waals surface area contributed by atoms with Gasteiger partial charge in [0.15, 0.2) is 0 Å². The number of hydrogen-bond donors (Lipinski definition) is 1. The maximum Gasteiger partial charge on any atom is 0.128 e. The minimum atomic E-state index is 0. The average molecular weight is 271 g/mol. The van der Waals surface area contributed by atoms with Crippen molar-refractivity contribution in [1.29, 1.82) is 0 Å². The van der Waals surface area contributed by atoms with Crippen molar-refractivity contribution in [2.24, 2.45) is 0 Å². The molecule has 5 heteroatoms. The molecule has 0 saturated carbocycles. The van der Waals surface area contributed by atoms with E-state index in [1.54, 1.807) is 7.11 Å². The number of nitrogens with zero attached hydrogens (tertiary/aromatic N) is 2. The number of piperazine rings is 1. The molecule has 1 saturated heterocycles. The Morgan fingerprint density at radius 1 is 1.33 bits per heavy atom. The number of hydrogen-bond acceptors (Lipinski definition) is 4. The molecule has 18 heavy (non-hydrogen) atoms. The van der Waals surface area contributed by atoms with Gasteiger partial charge in [-0.2, -0.15) is 0 Å². The Morgan fingerprint density at radius 2 is 2.00 bits per heavy atom. The highest BCUT2D eigenvalue weighted by atomic mass is 35.5. The molecule has 4 nitrogen and oxygen atoms in total. The zero-order valence-electron chi connectivity index (χ0n) is 11.3. The van der Waals surface area contributed by atoms with Gasteiger partial charge in [0.25, 0.3) is 0 Å². The van der Waals surface area contributed by atoms with E-state index in [4.69, 9.17) is 4.74 Å². The summed E-state index contributed by atoms with van der Waals surface area (Å²) in [4.78, 5) is 6.97. The molecule has 0 atom stereocenters. The van der Waals surface area contributed by atoms with Crippen LogP contribution < -0.4 is 22.5 Å². The van der Waals surface area contributed by atoms with E-state index in [0.29, 0.717) is 0 Å². The number of aryl methyl sites for hydroxylation is 1. The molecule has 2 rings (SSSR count). The summed E-state index contributed by atoms with van der Waals surface area (Å²) >= 11 is 0. The zero-order chi connectivity index (χ0) is 12.3. The lowest BCUT2D eigenvalue weighted by Crippen LogP contribution is -3.00. The van der Waals surface area contributed by atoms with Crippen molar-refractivity contribution in [1.82, 2.24) is 15.2 Å². The smallest absolute Gasteiger partial charge is 0.128 e. The first-order valence-electron chi connectivity index (χ1n) is 6.14. The molecule has 1 aliphatic rings. The van der Waals surface area contributed by atoms with E-state index in [1.165, 1.54) is 5.56 Å². The van der Waals surface area contributed by atoms with Crippen LogP contribution in [0.1, 0.15) is 16.8 Å². The molecule has 0 aliphatic carbocycles. The number of pyridine rings is 1. The van der Waals surface area contributed by atoms with Gasteiger partial charge in [0.2, 0.25) is 0 Å². The quantitative estimate of drug-likeness (QED) is 0.698. The maximum absolute atomic E-state index is 5.43. The fourth-order valence-electron chi connectivity index (χ4n) is 2.31. The van der Waals surface area contributed by atoms with Crippen molar-refractivity contribution in [2.75, 3.05) is 33.3 Å². The summed E-state index contributed by atoms with van der Waals surface area (Å²) < 4.78 is 5.43. The summed E-state index contributed by atoms with van der Waals surface area (Å²) in [7, 11) is 1.73. The van der Waals surface area contributed by atoms with Gasteiger partial charge in [-0.3, -0.25) is 9.88 Å². The molecule has 0 radical (unpaired) electrons. The third-order valence-corrected chi connectivity index (χ3v) is 3.33.